The van der Waals surface area contributed by atoms with Crippen LogP contribution in [0.15, 0.2) is 54.9 Å². The molecule has 166 valence electrons. The number of hydrogen-bond acceptors (Lipinski definition) is 6. The molecule has 1 aliphatic rings. The van der Waals surface area contributed by atoms with Crippen LogP contribution in [-0.4, -0.2) is 52.9 Å². The largest absolute Gasteiger partial charge is 0.368 e. The van der Waals surface area contributed by atoms with Gasteiger partial charge in [-0.25, -0.2) is 0 Å². The molecule has 0 spiro atoms. The Hall–Kier alpha value is -3.52. The third kappa shape index (κ3) is 4.55. The third-order valence-electron chi connectivity index (χ3n) is 6.14. The fraction of sp³-hybridized carbons (Fsp3) is 0.333. The number of fused-ring (bicyclic) bond motifs is 1. The van der Waals surface area contributed by atoms with E-state index in [-0.39, 0.29) is 22.6 Å². The number of nitrogens with one attached hydrogen (secondary N) is 1. The summed E-state index contributed by atoms with van der Waals surface area (Å²) in [5, 5.41) is 15.8. The van der Waals surface area contributed by atoms with E-state index in [4.69, 9.17) is 0 Å². The molecule has 8 heteroatoms. The lowest BCUT2D eigenvalue weighted by molar-refractivity contribution is -0.383. The molecule has 32 heavy (non-hydrogen) atoms. The van der Waals surface area contributed by atoms with Crippen LogP contribution in [0.2, 0.25) is 0 Å². The van der Waals surface area contributed by atoms with Crippen molar-refractivity contribution in [2.45, 2.75) is 26.4 Å². The van der Waals surface area contributed by atoms with Crippen molar-refractivity contribution in [2.75, 3.05) is 31.1 Å². The van der Waals surface area contributed by atoms with Gasteiger partial charge in [0.2, 0.25) is 5.91 Å². The van der Waals surface area contributed by atoms with Crippen LogP contribution in [0.3, 0.4) is 0 Å². The molecule has 1 aromatic heterocycles. The van der Waals surface area contributed by atoms with Gasteiger partial charge in [0, 0.05) is 62.3 Å². The highest BCUT2D eigenvalue weighted by molar-refractivity contribution is 5.99. The van der Waals surface area contributed by atoms with Gasteiger partial charge in [0.15, 0.2) is 0 Å². The van der Waals surface area contributed by atoms with Crippen LogP contribution in [0.1, 0.15) is 18.1 Å². The van der Waals surface area contributed by atoms with Gasteiger partial charge in [-0.1, -0.05) is 29.8 Å². The number of nitro groups is 1. The molecule has 1 saturated heterocycles. The first-order chi connectivity index (χ1) is 15.4. The quantitative estimate of drug-likeness (QED) is 0.474. The molecule has 2 heterocycles. The van der Waals surface area contributed by atoms with Gasteiger partial charge >= 0.3 is 0 Å². The predicted molar refractivity (Wildman–Crippen MR) is 125 cm³/mol. The molecule has 4 rings (SSSR count). The molecular weight excluding hydrogens is 406 g/mol. The van der Waals surface area contributed by atoms with E-state index >= 15 is 0 Å². The summed E-state index contributed by atoms with van der Waals surface area (Å²) >= 11 is 0. The van der Waals surface area contributed by atoms with Gasteiger partial charge in [0.1, 0.15) is 0 Å². The second kappa shape index (κ2) is 9.32. The zero-order valence-corrected chi connectivity index (χ0v) is 18.3. The van der Waals surface area contributed by atoms with E-state index in [9.17, 15) is 14.9 Å². The van der Waals surface area contributed by atoms with E-state index in [0.717, 1.165) is 42.8 Å². The summed E-state index contributed by atoms with van der Waals surface area (Å²) in [7, 11) is 0. The number of carbonyl (C=O) groups is 1. The number of amides is 1. The Balaban J connectivity index is 1.38. The van der Waals surface area contributed by atoms with Crippen molar-refractivity contribution < 1.29 is 9.72 Å². The maximum absolute atomic E-state index is 12.7. The lowest BCUT2D eigenvalue weighted by atomic mass is 10.1. The summed E-state index contributed by atoms with van der Waals surface area (Å²) < 4.78 is 0. The number of hydrogen-bond donors (Lipinski definition) is 1. The van der Waals surface area contributed by atoms with E-state index in [2.05, 4.69) is 20.1 Å². The molecule has 0 aliphatic carbocycles. The number of nitrogens with zero attached hydrogens (tertiary/aromatic N) is 4. The zero-order valence-electron chi connectivity index (χ0n) is 18.3. The molecule has 0 unspecified atom stereocenters. The zero-order chi connectivity index (χ0) is 22.7. The van der Waals surface area contributed by atoms with Gasteiger partial charge in [-0.2, -0.15) is 0 Å². The summed E-state index contributed by atoms with van der Waals surface area (Å²) in [6, 6.07) is 13.1. The summed E-state index contributed by atoms with van der Waals surface area (Å²) in [4.78, 5) is 32.1. The van der Waals surface area contributed by atoms with Crippen molar-refractivity contribution >= 4 is 28.1 Å². The first-order valence-electron chi connectivity index (χ1n) is 10.8. The van der Waals surface area contributed by atoms with E-state index in [0.29, 0.717) is 11.9 Å². The van der Waals surface area contributed by atoms with Gasteiger partial charge in [0.05, 0.1) is 16.4 Å². The number of piperazine rings is 1. The van der Waals surface area contributed by atoms with Gasteiger partial charge in [-0.05, 0) is 31.5 Å². The Labute approximate surface area is 187 Å². The van der Waals surface area contributed by atoms with Crippen LogP contribution >= 0.6 is 0 Å². The molecule has 0 saturated carbocycles. The fourth-order valence-electron chi connectivity index (χ4n) is 4.15. The van der Waals surface area contributed by atoms with E-state index in [1.54, 1.807) is 18.5 Å². The Morgan fingerprint density at radius 3 is 2.50 bits per heavy atom. The molecule has 1 N–H and O–H groups in total. The second-order valence-corrected chi connectivity index (χ2v) is 8.18. The van der Waals surface area contributed by atoms with Crippen LogP contribution in [0, 0.1) is 17.0 Å². The SMILES string of the molecule is Cc1ccc(CNC(=O)[C@H](C)N2CCN(c3ccc([N+](=O)[O-])c4cnccc34)CC2)cc1. The molecule has 8 nitrogen and oxygen atoms in total. The minimum absolute atomic E-state index is 0.0193. The lowest BCUT2D eigenvalue weighted by Gasteiger charge is -2.38. The van der Waals surface area contributed by atoms with Crippen molar-refractivity contribution in [1.82, 2.24) is 15.2 Å². The first kappa shape index (κ1) is 21.7. The monoisotopic (exact) mass is 433 g/mol. The lowest BCUT2D eigenvalue weighted by Crippen LogP contribution is -2.53. The minimum atomic E-state index is -0.372. The van der Waals surface area contributed by atoms with Gasteiger partial charge in [0.25, 0.3) is 5.69 Å². The number of nitro benzene ring substituents is 1. The van der Waals surface area contributed by atoms with Crippen LogP contribution in [0.5, 0.6) is 0 Å². The molecular formula is C24H27N5O3. The average Bonchev–Trinajstić information content (AvgIpc) is 2.82. The van der Waals surface area contributed by atoms with Crippen molar-refractivity contribution in [3.8, 4) is 0 Å². The number of carbonyl (C=O) groups excluding carboxylic acids is 1. The standard InChI is InChI=1S/C24H27N5O3/c1-17-3-5-19(6-4-17)15-26-24(30)18(2)27-11-13-28(14-12-27)22-7-8-23(29(31)32)21-16-25-10-9-20(21)22/h3-10,16,18H,11-15H2,1-2H3,(H,26,30)/t18-/m0/s1. The predicted octanol–water partition coefficient (Wildman–Crippen LogP) is 3.28. The molecule has 3 aromatic rings. The van der Waals surface area contributed by atoms with Crippen LogP contribution in [0.25, 0.3) is 10.8 Å². The molecule has 0 radical (unpaired) electrons. The van der Waals surface area contributed by atoms with Crippen LogP contribution in [-0.2, 0) is 11.3 Å². The molecule has 0 bridgehead atoms. The highest BCUT2D eigenvalue weighted by atomic mass is 16.6. The van der Waals surface area contributed by atoms with E-state index in [1.807, 2.05) is 50.2 Å². The summed E-state index contributed by atoms with van der Waals surface area (Å²) in [6.07, 6.45) is 3.21. The topological polar surface area (TPSA) is 91.6 Å². The van der Waals surface area contributed by atoms with Crippen molar-refractivity contribution in [2.24, 2.45) is 0 Å². The van der Waals surface area contributed by atoms with Gasteiger partial charge in [-0.3, -0.25) is 24.8 Å². The Morgan fingerprint density at radius 1 is 1.09 bits per heavy atom. The van der Waals surface area contributed by atoms with Crippen LogP contribution < -0.4 is 10.2 Å². The fourth-order valence-corrected chi connectivity index (χ4v) is 4.15. The Morgan fingerprint density at radius 2 is 1.81 bits per heavy atom. The number of non-ortho nitro benzene ring substituents is 1. The summed E-state index contributed by atoms with van der Waals surface area (Å²) in [5.41, 5.74) is 3.31. The summed E-state index contributed by atoms with van der Waals surface area (Å²) in [6.45, 7) is 7.46. The summed E-state index contributed by atoms with van der Waals surface area (Å²) in [5.74, 6) is 0.0193. The number of anilines is 1. The van der Waals surface area contributed by atoms with Gasteiger partial charge in [-0.15, -0.1) is 0 Å². The van der Waals surface area contributed by atoms with E-state index in [1.165, 1.54) is 5.56 Å². The van der Waals surface area contributed by atoms with Crippen molar-refractivity contribution in [1.29, 1.82) is 0 Å². The maximum atomic E-state index is 12.7. The number of aryl methyl sites for hydroxylation is 1. The number of rotatable bonds is 6. The Bertz CT molecular complexity index is 1120. The Kier molecular flexibility index (Phi) is 6.32. The normalized spacial score (nSPS) is 15.5. The highest BCUT2D eigenvalue weighted by Gasteiger charge is 2.27. The van der Waals surface area contributed by atoms with Gasteiger partial charge < -0.3 is 10.2 Å². The number of benzene rings is 2. The molecule has 1 fully saturated rings. The highest BCUT2D eigenvalue weighted by Crippen LogP contribution is 2.33. The average molecular weight is 434 g/mol. The third-order valence-corrected chi connectivity index (χ3v) is 6.14. The van der Waals surface area contributed by atoms with Crippen molar-refractivity contribution in [3.05, 3.63) is 76.1 Å². The van der Waals surface area contributed by atoms with E-state index < -0.39 is 0 Å². The maximum Gasteiger partial charge on any atom is 0.278 e. The smallest absolute Gasteiger partial charge is 0.278 e. The number of aromatic nitrogens is 1. The molecule has 1 aliphatic heterocycles. The second-order valence-electron chi connectivity index (χ2n) is 8.18. The first-order valence-corrected chi connectivity index (χ1v) is 10.8. The van der Waals surface area contributed by atoms with Crippen molar-refractivity contribution in [3.63, 3.8) is 0 Å². The molecule has 1 amide bonds. The van der Waals surface area contributed by atoms with Crippen LogP contribution in [0.4, 0.5) is 11.4 Å². The number of pyridine rings is 1. The minimum Gasteiger partial charge on any atom is -0.368 e. The molecule has 1 atom stereocenters. The molecule has 2 aromatic carbocycles.